The maximum absolute atomic E-state index is 12.1. The maximum atomic E-state index is 12.1. The van der Waals surface area contributed by atoms with Crippen LogP contribution in [-0.4, -0.2) is 41.0 Å². The van der Waals surface area contributed by atoms with E-state index < -0.39 is 17.2 Å². The number of carbonyl (C=O) groups is 1. The highest BCUT2D eigenvalue weighted by Crippen LogP contribution is 2.36. The van der Waals surface area contributed by atoms with Crippen molar-refractivity contribution >= 4 is 40.1 Å². The lowest BCUT2D eigenvalue weighted by molar-refractivity contribution is 0.0600. The number of aromatic nitrogens is 1. The number of anilines is 2. The second kappa shape index (κ2) is 11.2. The number of thiazole rings is 1. The number of benzene rings is 2. The van der Waals surface area contributed by atoms with Crippen molar-refractivity contribution in [3.05, 3.63) is 63.5 Å². The highest BCUT2D eigenvalue weighted by atomic mass is 32.2. The Labute approximate surface area is 204 Å². The van der Waals surface area contributed by atoms with E-state index in [0.29, 0.717) is 5.01 Å². The lowest BCUT2D eigenvalue weighted by Crippen LogP contribution is -2.20. The average Bonchev–Trinajstić information content (AvgIpc) is 3.30. The summed E-state index contributed by atoms with van der Waals surface area (Å²) in [5.41, 5.74) is 2.31. The Morgan fingerprint density at radius 2 is 1.88 bits per heavy atom. The number of nitrogens with zero attached hydrogens (tertiary/aromatic N) is 2. The first-order valence-corrected chi connectivity index (χ1v) is 12.0. The van der Waals surface area contributed by atoms with Crippen LogP contribution in [0.1, 0.15) is 46.3 Å². The van der Waals surface area contributed by atoms with Crippen molar-refractivity contribution < 1.29 is 27.8 Å². The molecule has 0 amide bonds. The van der Waals surface area contributed by atoms with E-state index in [9.17, 15) is 13.6 Å². The van der Waals surface area contributed by atoms with Crippen molar-refractivity contribution in [3.63, 3.8) is 0 Å². The van der Waals surface area contributed by atoms with Crippen molar-refractivity contribution in [2.75, 3.05) is 25.6 Å². The van der Waals surface area contributed by atoms with Crippen LogP contribution >= 0.6 is 11.3 Å². The van der Waals surface area contributed by atoms with E-state index in [0.717, 1.165) is 21.2 Å². The molecule has 8 nitrogen and oxygen atoms in total. The molecule has 3 rings (SSSR count). The average molecular weight is 500 g/mol. The van der Waals surface area contributed by atoms with Crippen LogP contribution in [0.3, 0.4) is 0 Å². The first-order chi connectivity index (χ1) is 16.3. The summed E-state index contributed by atoms with van der Waals surface area (Å²) in [6.07, 6.45) is 0. The van der Waals surface area contributed by atoms with Crippen LogP contribution in [0.4, 0.5) is 11.5 Å². The molecule has 178 valence electrons. The normalized spacial score (nSPS) is 11.4. The molecule has 2 aromatic carbocycles. The summed E-state index contributed by atoms with van der Waals surface area (Å²) in [5, 5.41) is 2.03. The van der Waals surface area contributed by atoms with E-state index in [-0.39, 0.29) is 28.7 Å². The second-order valence-electron chi connectivity index (χ2n) is 7.26. The Bertz CT molecular complexity index is 1280. The minimum absolute atomic E-state index is 0.158. The molecule has 0 radical (unpaired) electrons. The van der Waals surface area contributed by atoms with Gasteiger partial charge in [-0.25, -0.2) is 14.1 Å². The largest absolute Gasteiger partial charge is 0.755 e. The third-order valence-corrected chi connectivity index (χ3v) is 6.28. The predicted molar refractivity (Wildman–Crippen MR) is 131 cm³/mol. The van der Waals surface area contributed by atoms with Crippen molar-refractivity contribution in [3.8, 4) is 23.3 Å². The fourth-order valence-electron chi connectivity index (χ4n) is 3.17. The lowest BCUT2D eigenvalue weighted by atomic mass is 9.97. The molecule has 0 N–H and O–H groups in total. The van der Waals surface area contributed by atoms with Gasteiger partial charge in [0.2, 0.25) is 0 Å². The molecular weight excluding hydrogens is 476 g/mol. The summed E-state index contributed by atoms with van der Waals surface area (Å²) >= 11 is -1.49. The number of carbonyl (C=O) groups excluding carboxylic acids is 1. The van der Waals surface area contributed by atoms with Crippen LogP contribution in [-0.2, 0) is 16.0 Å². The minimum Gasteiger partial charge on any atom is -0.755 e. The van der Waals surface area contributed by atoms with Crippen molar-refractivity contribution in [2.45, 2.75) is 19.8 Å². The van der Waals surface area contributed by atoms with Gasteiger partial charge in [0.05, 0.1) is 43.8 Å². The first kappa shape index (κ1) is 25.2. The van der Waals surface area contributed by atoms with E-state index in [4.69, 9.17) is 14.2 Å². The Hall–Kier alpha value is -3.39. The molecule has 0 fully saturated rings. The molecule has 0 bridgehead atoms. The van der Waals surface area contributed by atoms with Gasteiger partial charge in [0.1, 0.15) is 11.5 Å². The number of esters is 1. The minimum atomic E-state index is -2.71. The molecule has 1 aromatic heterocycles. The molecule has 0 aliphatic rings. The fraction of sp³-hybridized carbons (Fsp3) is 0.250. The summed E-state index contributed by atoms with van der Waals surface area (Å²) in [4.78, 5) is 16.2. The smallest absolute Gasteiger partial charge is 0.337 e. The fourth-order valence-corrected chi connectivity index (χ4v) is 4.42. The Morgan fingerprint density at radius 3 is 2.50 bits per heavy atom. The van der Waals surface area contributed by atoms with E-state index in [1.807, 2.05) is 18.2 Å². The van der Waals surface area contributed by atoms with Gasteiger partial charge in [-0.3, -0.25) is 4.21 Å². The number of hydrogen-bond donors (Lipinski definition) is 0. The monoisotopic (exact) mass is 499 g/mol. The molecule has 34 heavy (non-hydrogen) atoms. The van der Waals surface area contributed by atoms with Crippen LogP contribution < -0.4 is 13.8 Å². The van der Waals surface area contributed by atoms with Gasteiger partial charge >= 0.3 is 5.97 Å². The van der Waals surface area contributed by atoms with Gasteiger partial charge < -0.3 is 18.8 Å². The topological polar surface area (TPSA) is 101 Å². The molecule has 1 heterocycles. The Morgan fingerprint density at radius 1 is 1.12 bits per heavy atom. The number of ether oxygens (including phenoxy) is 3. The highest BCUT2D eigenvalue weighted by Gasteiger charge is 2.20. The van der Waals surface area contributed by atoms with Crippen LogP contribution in [0.25, 0.3) is 0 Å². The van der Waals surface area contributed by atoms with E-state index in [1.54, 1.807) is 12.5 Å². The van der Waals surface area contributed by atoms with Crippen LogP contribution in [0, 0.1) is 11.8 Å². The maximum Gasteiger partial charge on any atom is 0.337 e. The zero-order valence-electron chi connectivity index (χ0n) is 19.3. The zero-order chi connectivity index (χ0) is 24.8. The molecule has 0 spiro atoms. The van der Waals surface area contributed by atoms with Crippen LogP contribution in [0.5, 0.6) is 11.5 Å². The summed E-state index contributed by atoms with van der Waals surface area (Å²) in [6, 6.07) is 10.0. The molecule has 0 aliphatic heterocycles. The third kappa shape index (κ3) is 5.56. The molecule has 1 unspecified atom stereocenters. The number of rotatable bonds is 7. The summed E-state index contributed by atoms with van der Waals surface area (Å²) in [7, 11) is 4.26. The molecule has 3 aromatic rings. The van der Waals surface area contributed by atoms with Crippen molar-refractivity contribution in [1.82, 2.24) is 4.98 Å². The molecule has 0 saturated heterocycles. The van der Waals surface area contributed by atoms with Crippen LogP contribution in [0.2, 0.25) is 0 Å². The Kier molecular flexibility index (Phi) is 8.28. The van der Waals surface area contributed by atoms with Crippen LogP contribution in [0.15, 0.2) is 41.8 Å². The first-order valence-electron chi connectivity index (χ1n) is 10.1. The second-order valence-corrected chi connectivity index (χ2v) is 8.92. The Balaban J connectivity index is 1.97. The van der Waals surface area contributed by atoms with Gasteiger partial charge in [-0.15, -0.1) is 11.3 Å². The van der Waals surface area contributed by atoms with E-state index in [2.05, 4.69) is 30.7 Å². The van der Waals surface area contributed by atoms with Gasteiger partial charge in [0.15, 0.2) is 10.8 Å². The number of hydrogen-bond acceptors (Lipinski definition) is 8. The van der Waals surface area contributed by atoms with Gasteiger partial charge in [-0.2, -0.15) is 0 Å². The summed E-state index contributed by atoms with van der Waals surface area (Å²) in [5.74, 6) is 6.91. The third-order valence-electron chi connectivity index (χ3n) is 4.85. The predicted octanol–water partition coefficient (Wildman–Crippen LogP) is 4.40. The number of methoxy groups -OCH3 is 3. The lowest BCUT2D eigenvalue weighted by Gasteiger charge is -2.25. The van der Waals surface area contributed by atoms with Crippen molar-refractivity contribution in [1.29, 1.82) is 0 Å². The van der Waals surface area contributed by atoms with Gasteiger partial charge in [-0.1, -0.05) is 19.8 Å². The van der Waals surface area contributed by atoms with Gasteiger partial charge in [0, 0.05) is 10.9 Å². The molecule has 1 atom stereocenters. The van der Waals surface area contributed by atoms with Gasteiger partial charge in [-0.05, 0) is 53.8 Å². The standard InChI is InChI=1S/C24H24N2O6S2/c1-15(2)19-13-18(30-3)9-6-16(19)8-11-23-25-22(14-33-23)26(34(28)29)20-10-7-17(24(27)32-5)12-21(20)31-4/h6-7,9-10,12-15H,1-5H3,(H,28,29)/p-1. The zero-order valence-corrected chi connectivity index (χ0v) is 20.9. The SMILES string of the molecule is COC(=O)c1ccc(N(c2csc(C#Cc3ccc(OC)cc3C(C)C)n2)S(=O)[O-])c(OC)c1. The van der Waals surface area contributed by atoms with Crippen molar-refractivity contribution in [2.24, 2.45) is 0 Å². The van der Waals surface area contributed by atoms with E-state index >= 15 is 0 Å². The summed E-state index contributed by atoms with van der Waals surface area (Å²) in [6.45, 7) is 4.14. The molecule has 0 aliphatic carbocycles. The molecular formula is C24H23N2O6S2-. The highest BCUT2D eigenvalue weighted by molar-refractivity contribution is 7.81. The molecule has 0 saturated carbocycles. The molecule has 10 heteroatoms. The summed E-state index contributed by atoms with van der Waals surface area (Å²) < 4.78 is 40.5. The quantitative estimate of drug-likeness (QED) is 0.270. The van der Waals surface area contributed by atoms with Gasteiger partial charge in [0.25, 0.3) is 0 Å². The van der Waals surface area contributed by atoms with E-state index in [1.165, 1.54) is 43.8 Å².